The molecule has 0 aliphatic carbocycles. The summed E-state index contributed by atoms with van der Waals surface area (Å²) in [4.78, 5) is 10.8. The van der Waals surface area contributed by atoms with E-state index in [1.54, 1.807) is 0 Å². The van der Waals surface area contributed by atoms with Crippen LogP contribution in [0, 0.1) is 6.92 Å². The van der Waals surface area contributed by atoms with Crippen molar-refractivity contribution in [1.29, 1.82) is 0 Å². The first-order valence-electron chi connectivity index (χ1n) is 6.00. The number of hydrogen-bond acceptors (Lipinski definition) is 5. The van der Waals surface area contributed by atoms with Crippen LogP contribution in [0.1, 0.15) is 12.5 Å². The van der Waals surface area contributed by atoms with Crippen LogP contribution in [0.4, 0.5) is 5.95 Å². The van der Waals surface area contributed by atoms with Crippen molar-refractivity contribution in [2.24, 2.45) is 0 Å². The van der Waals surface area contributed by atoms with Gasteiger partial charge < -0.3 is 15.0 Å². The van der Waals surface area contributed by atoms with Crippen molar-refractivity contribution in [3.05, 3.63) is 18.0 Å². The normalized spacial score (nSPS) is 23.4. The van der Waals surface area contributed by atoms with Crippen molar-refractivity contribution in [2.45, 2.75) is 26.0 Å². The molecule has 1 fully saturated rings. The zero-order valence-corrected chi connectivity index (χ0v) is 10.7. The lowest BCUT2D eigenvalue weighted by molar-refractivity contribution is -0.0260. The van der Waals surface area contributed by atoms with E-state index in [0.717, 1.165) is 25.3 Å². The van der Waals surface area contributed by atoms with Crippen LogP contribution in [-0.2, 0) is 4.74 Å². The van der Waals surface area contributed by atoms with Crippen LogP contribution in [0.2, 0.25) is 0 Å². The SMILES string of the molecule is Cc1cnc(NC(C)C2CN(C)CCO2)nc1. The number of anilines is 1. The Morgan fingerprint density at radius 2 is 2.18 bits per heavy atom. The van der Waals surface area contributed by atoms with Gasteiger partial charge in [-0.15, -0.1) is 0 Å². The summed E-state index contributed by atoms with van der Waals surface area (Å²) in [5, 5.41) is 3.29. The third-order valence-corrected chi connectivity index (χ3v) is 2.99. The van der Waals surface area contributed by atoms with E-state index in [4.69, 9.17) is 4.74 Å². The quantitative estimate of drug-likeness (QED) is 0.845. The molecule has 17 heavy (non-hydrogen) atoms. The lowest BCUT2D eigenvalue weighted by Gasteiger charge is -2.33. The van der Waals surface area contributed by atoms with Crippen LogP contribution in [0.15, 0.2) is 12.4 Å². The van der Waals surface area contributed by atoms with E-state index < -0.39 is 0 Å². The summed E-state index contributed by atoms with van der Waals surface area (Å²) in [6.07, 6.45) is 3.82. The first kappa shape index (κ1) is 12.3. The third kappa shape index (κ3) is 3.38. The number of ether oxygens (including phenoxy) is 1. The van der Waals surface area contributed by atoms with Crippen LogP contribution in [0.3, 0.4) is 0 Å². The summed E-state index contributed by atoms with van der Waals surface area (Å²) in [5.41, 5.74) is 1.07. The number of aryl methyl sites for hydroxylation is 1. The Morgan fingerprint density at radius 3 is 2.82 bits per heavy atom. The minimum absolute atomic E-state index is 0.193. The average molecular weight is 236 g/mol. The standard InChI is InChI=1S/C12H20N4O/c1-9-6-13-12(14-7-9)15-10(2)11-8-16(3)4-5-17-11/h6-7,10-11H,4-5,8H2,1-3H3,(H,13,14,15). The van der Waals surface area contributed by atoms with Crippen LogP contribution >= 0.6 is 0 Å². The zero-order chi connectivity index (χ0) is 12.3. The molecule has 1 aromatic rings. The number of morpholine rings is 1. The lowest BCUT2D eigenvalue weighted by atomic mass is 10.1. The molecule has 1 N–H and O–H groups in total. The molecule has 0 amide bonds. The van der Waals surface area contributed by atoms with Crippen molar-refractivity contribution >= 4 is 5.95 Å². The summed E-state index contributed by atoms with van der Waals surface area (Å²) in [5.74, 6) is 0.667. The molecule has 0 radical (unpaired) electrons. The summed E-state index contributed by atoms with van der Waals surface area (Å²) in [6.45, 7) is 6.83. The maximum atomic E-state index is 5.75. The Balaban J connectivity index is 1.91. The Labute approximate surface area is 102 Å². The maximum absolute atomic E-state index is 5.75. The van der Waals surface area contributed by atoms with Gasteiger partial charge >= 0.3 is 0 Å². The molecule has 5 heteroatoms. The lowest BCUT2D eigenvalue weighted by Crippen LogP contribution is -2.47. The predicted molar refractivity (Wildman–Crippen MR) is 67.1 cm³/mol. The molecule has 0 saturated carbocycles. The molecule has 1 aliphatic heterocycles. The van der Waals surface area contributed by atoms with Crippen molar-refractivity contribution in [3.8, 4) is 0 Å². The molecule has 0 aromatic carbocycles. The van der Waals surface area contributed by atoms with E-state index in [-0.39, 0.29) is 12.1 Å². The molecular formula is C12H20N4O. The van der Waals surface area contributed by atoms with Gasteiger partial charge in [0.05, 0.1) is 18.8 Å². The van der Waals surface area contributed by atoms with Gasteiger partial charge in [-0.05, 0) is 26.5 Å². The van der Waals surface area contributed by atoms with Crippen molar-refractivity contribution in [1.82, 2.24) is 14.9 Å². The molecular weight excluding hydrogens is 216 g/mol. The Bertz CT molecular complexity index is 354. The van der Waals surface area contributed by atoms with Crippen molar-refractivity contribution < 1.29 is 4.74 Å². The summed E-state index contributed by atoms with van der Waals surface area (Å²) >= 11 is 0. The molecule has 1 aliphatic rings. The van der Waals surface area contributed by atoms with Gasteiger partial charge in [0.15, 0.2) is 0 Å². The number of hydrogen-bond donors (Lipinski definition) is 1. The summed E-state index contributed by atoms with van der Waals surface area (Å²) < 4.78 is 5.75. The topological polar surface area (TPSA) is 50.3 Å². The number of likely N-dealkylation sites (N-methyl/N-ethyl adjacent to an activating group) is 1. The monoisotopic (exact) mass is 236 g/mol. The van der Waals surface area contributed by atoms with E-state index in [1.165, 1.54) is 0 Å². The molecule has 2 atom stereocenters. The molecule has 0 spiro atoms. The second kappa shape index (κ2) is 5.42. The zero-order valence-electron chi connectivity index (χ0n) is 10.7. The van der Waals surface area contributed by atoms with Gasteiger partial charge in [0.1, 0.15) is 0 Å². The maximum Gasteiger partial charge on any atom is 0.222 e. The van der Waals surface area contributed by atoms with Gasteiger partial charge in [-0.25, -0.2) is 9.97 Å². The third-order valence-electron chi connectivity index (χ3n) is 2.99. The second-order valence-electron chi connectivity index (χ2n) is 4.69. The highest BCUT2D eigenvalue weighted by atomic mass is 16.5. The van der Waals surface area contributed by atoms with Crippen LogP contribution in [0.25, 0.3) is 0 Å². The fourth-order valence-electron chi connectivity index (χ4n) is 1.88. The number of rotatable bonds is 3. The molecule has 1 saturated heterocycles. The highest BCUT2D eigenvalue weighted by molar-refractivity contribution is 5.26. The second-order valence-corrected chi connectivity index (χ2v) is 4.69. The number of aromatic nitrogens is 2. The van der Waals surface area contributed by atoms with Gasteiger partial charge in [0.25, 0.3) is 0 Å². The van der Waals surface area contributed by atoms with Crippen LogP contribution in [0.5, 0.6) is 0 Å². The molecule has 94 valence electrons. The molecule has 0 bridgehead atoms. The van der Waals surface area contributed by atoms with Gasteiger partial charge in [-0.2, -0.15) is 0 Å². The van der Waals surface area contributed by atoms with Gasteiger partial charge in [0, 0.05) is 25.5 Å². The Morgan fingerprint density at radius 1 is 1.47 bits per heavy atom. The first-order chi connectivity index (χ1) is 8.15. The molecule has 1 aromatic heterocycles. The molecule has 2 unspecified atom stereocenters. The van der Waals surface area contributed by atoms with E-state index in [1.807, 2.05) is 19.3 Å². The fraction of sp³-hybridized carbons (Fsp3) is 0.667. The summed E-state index contributed by atoms with van der Waals surface area (Å²) in [6, 6.07) is 0.209. The minimum Gasteiger partial charge on any atom is -0.373 e. The highest BCUT2D eigenvalue weighted by Crippen LogP contribution is 2.10. The predicted octanol–water partition coefficient (Wildman–Crippen LogP) is 0.916. The number of nitrogens with one attached hydrogen (secondary N) is 1. The van der Waals surface area contributed by atoms with Gasteiger partial charge in [-0.1, -0.05) is 0 Å². The fourth-order valence-corrected chi connectivity index (χ4v) is 1.88. The Hall–Kier alpha value is -1.20. The smallest absolute Gasteiger partial charge is 0.222 e. The van der Waals surface area contributed by atoms with Crippen LogP contribution in [-0.4, -0.2) is 53.8 Å². The van der Waals surface area contributed by atoms with E-state index >= 15 is 0 Å². The largest absolute Gasteiger partial charge is 0.373 e. The van der Waals surface area contributed by atoms with Gasteiger partial charge in [0.2, 0.25) is 5.95 Å². The first-order valence-corrected chi connectivity index (χ1v) is 6.00. The molecule has 2 rings (SSSR count). The van der Waals surface area contributed by atoms with Gasteiger partial charge in [-0.3, -0.25) is 0 Å². The highest BCUT2D eigenvalue weighted by Gasteiger charge is 2.23. The number of nitrogens with zero attached hydrogens (tertiary/aromatic N) is 3. The van der Waals surface area contributed by atoms with E-state index in [0.29, 0.717) is 5.95 Å². The average Bonchev–Trinajstić information content (AvgIpc) is 2.32. The van der Waals surface area contributed by atoms with E-state index in [2.05, 4.69) is 34.2 Å². The van der Waals surface area contributed by atoms with Crippen LogP contribution < -0.4 is 5.32 Å². The van der Waals surface area contributed by atoms with Crippen molar-refractivity contribution in [3.63, 3.8) is 0 Å². The minimum atomic E-state index is 0.193. The van der Waals surface area contributed by atoms with E-state index in [9.17, 15) is 0 Å². The summed E-state index contributed by atoms with van der Waals surface area (Å²) in [7, 11) is 2.12. The molecule has 5 nitrogen and oxygen atoms in total. The Kier molecular flexibility index (Phi) is 3.91. The van der Waals surface area contributed by atoms with Crippen molar-refractivity contribution in [2.75, 3.05) is 32.1 Å². The molecule has 2 heterocycles.